The number of piperidine rings is 1. The van der Waals surface area contributed by atoms with Gasteiger partial charge in [-0.1, -0.05) is 6.92 Å². The largest absolute Gasteiger partial charge is 0.313 e. The second-order valence-electron chi connectivity index (χ2n) is 4.91. The fraction of sp³-hybridized carbons (Fsp3) is 1.00. The zero-order valence-electron chi connectivity index (χ0n) is 9.44. The molecule has 0 saturated carbocycles. The Kier molecular flexibility index (Phi) is 3.05. The smallest absolute Gasteiger partial charge is 0.214 e. The van der Waals surface area contributed by atoms with Crippen LogP contribution in [-0.4, -0.2) is 43.6 Å². The van der Waals surface area contributed by atoms with Crippen molar-refractivity contribution in [2.24, 2.45) is 5.92 Å². The predicted octanol–water partition coefficient (Wildman–Crippen LogP) is 0.408. The molecule has 2 fully saturated rings. The van der Waals surface area contributed by atoms with Gasteiger partial charge in [-0.05, 0) is 32.2 Å². The molecule has 2 rings (SSSR count). The van der Waals surface area contributed by atoms with Gasteiger partial charge in [0.05, 0.1) is 5.75 Å². The maximum absolute atomic E-state index is 11.9. The van der Waals surface area contributed by atoms with E-state index in [-0.39, 0.29) is 12.0 Å². The lowest BCUT2D eigenvalue weighted by Gasteiger charge is -2.35. The molecular formula is C10H20N2O2S. The van der Waals surface area contributed by atoms with E-state index in [0.717, 1.165) is 19.4 Å². The zero-order valence-corrected chi connectivity index (χ0v) is 10.3. The quantitative estimate of drug-likeness (QED) is 0.712. The molecule has 2 saturated heterocycles. The number of nitrogens with zero attached hydrogens (tertiary/aromatic N) is 1. The van der Waals surface area contributed by atoms with Gasteiger partial charge in [0, 0.05) is 18.6 Å². The highest BCUT2D eigenvalue weighted by molar-refractivity contribution is 7.89. The van der Waals surface area contributed by atoms with Gasteiger partial charge >= 0.3 is 0 Å². The van der Waals surface area contributed by atoms with Crippen LogP contribution in [0.15, 0.2) is 0 Å². The molecule has 3 unspecified atom stereocenters. The van der Waals surface area contributed by atoms with Crippen molar-refractivity contribution in [3.05, 3.63) is 0 Å². The summed E-state index contributed by atoms with van der Waals surface area (Å²) in [6.45, 7) is 5.82. The van der Waals surface area contributed by atoms with Crippen LogP contribution in [0.1, 0.15) is 26.7 Å². The molecular weight excluding hydrogens is 212 g/mol. The zero-order chi connectivity index (χ0) is 11.1. The van der Waals surface area contributed by atoms with Crippen LogP contribution in [0.2, 0.25) is 0 Å². The number of rotatable bonds is 1. The molecule has 88 valence electrons. The van der Waals surface area contributed by atoms with E-state index in [1.165, 1.54) is 0 Å². The summed E-state index contributed by atoms with van der Waals surface area (Å²) in [5.74, 6) is 0.611. The fourth-order valence-corrected chi connectivity index (χ4v) is 4.89. The van der Waals surface area contributed by atoms with Crippen LogP contribution >= 0.6 is 0 Å². The van der Waals surface area contributed by atoms with Crippen molar-refractivity contribution in [2.45, 2.75) is 38.8 Å². The van der Waals surface area contributed by atoms with E-state index in [1.807, 2.05) is 6.92 Å². The minimum absolute atomic E-state index is 0.175. The molecule has 15 heavy (non-hydrogen) atoms. The monoisotopic (exact) mass is 232 g/mol. The van der Waals surface area contributed by atoms with Crippen molar-refractivity contribution in [3.8, 4) is 0 Å². The van der Waals surface area contributed by atoms with Crippen molar-refractivity contribution < 1.29 is 8.42 Å². The van der Waals surface area contributed by atoms with Crippen LogP contribution in [-0.2, 0) is 10.0 Å². The van der Waals surface area contributed by atoms with Gasteiger partial charge in [0.15, 0.2) is 0 Å². The molecule has 2 aliphatic rings. The van der Waals surface area contributed by atoms with E-state index in [2.05, 4.69) is 12.2 Å². The van der Waals surface area contributed by atoms with Gasteiger partial charge in [0.1, 0.15) is 0 Å². The maximum Gasteiger partial charge on any atom is 0.214 e. The Morgan fingerprint density at radius 3 is 2.60 bits per heavy atom. The summed E-state index contributed by atoms with van der Waals surface area (Å²) in [5, 5.41) is 3.36. The number of hydrogen-bond donors (Lipinski definition) is 1. The van der Waals surface area contributed by atoms with E-state index in [9.17, 15) is 8.42 Å². The summed E-state index contributed by atoms with van der Waals surface area (Å²) >= 11 is 0. The molecule has 0 amide bonds. The third kappa shape index (κ3) is 2.19. The van der Waals surface area contributed by atoms with Crippen LogP contribution in [0.5, 0.6) is 0 Å². The standard InChI is InChI=1S/C10H20N2O2S/c1-8-6-12(15(13,14)7-8)10-4-3-5-11-9(10)2/h8-11H,3-7H2,1-2H3. The van der Waals surface area contributed by atoms with Crippen LogP contribution in [0.25, 0.3) is 0 Å². The van der Waals surface area contributed by atoms with Crippen LogP contribution < -0.4 is 5.32 Å². The first kappa shape index (κ1) is 11.4. The first-order chi connectivity index (χ1) is 7.00. The highest BCUT2D eigenvalue weighted by Crippen LogP contribution is 2.26. The first-order valence-corrected chi connectivity index (χ1v) is 7.34. The Morgan fingerprint density at radius 1 is 1.33 bits per heavy atom. The second kappa shape index (κ2) is 4.03. The maximum atomic E-state index is 11.9. The van der Waals surface area contributed by atoms with E-state index in [4.69, 9.17) is 0 Å². The van der Waals surface area contributed by atoms with Gasteiger partial charge in [-0.3, -0.25) is 0 Å². The molecule has 0 bridgehead atoms. The highest BCUT2D eigenvalue weighted by Gasteiger charge is 2.40. The van der Waals surface area contributed by atoms with Crippen molar-refractivity contribution in [1.29, 1.82) is 0 Å². The number of sulfonamides is 1. The van der Waals surface area contributed by atoms with Crippen LogP contribution in [0.3, 0.4) is 0 Å². The molecule has 0 aliphatic carbocycles. The Morgan fingerprint density at radius 2 is 2.07 bits per heavy atom. The normalized spacial score (nSPS) is 41.9. The Labute approximate surface area is 92.1 Å². The van der Waals surface area contributed by atoms with Crippen molar-refractivity contribution in [1.82, 2.24) is 9.62 Å². The lowest BCUT2D eigenvalue weighted by Crippen LogP contribution is -2.52. The predicted molar refractivity (Wildman–Crippen MR) is 60.1 cm³/mol. The second-order valence-corrected chi connectivity index (χ2v) is 6.87. The third-order valence-electron chi connectivity index (χ3n) is 3.43. The molecule has 0 aromatic carbocycles. The molecule has 0 aromatic heterocycles. The molecule has 0 spiro atoms. The van der Waals surface area contributed by atoms with E-state index in [0.29, 0.717) is 18.3 Å². The van der Waals surface area contributed by atoms with Crippen molar-refractivity contribution >= 4 is 10.0 Å². The van der Waals surface area contributed by atoms with Gasteiger partial charge in [-0.2, -0.15) is 4.31 Å². The lowest BCUT2D eigenvalue weighted by atomic mass is 9.99. The molecule has 5 heteroatoms. The Hall–Kier alpha value is -0.130. The van der Waals surface area contributed by atoms with Gasteiger partial charge in [-0.15, -0.1) is 0 Å². The summed E-state index contributed by atoms with van der Waals surface area (Å²) in [4.78, 5) is 0. The average Bonchev–Trinajstić information content (AvgIpc) is 2.40. The minimum Gasteiger partial charge on any atom is -0.313 e. The molecule has 4 nitrogen and oxygen atoms in total. The molecule has 0 radical (unpaired) electrons. The number of nitrogens with one attached hydrogen (secondary N) is 1. The molecule has 1 N–H and O–H groups in total. The summed E-state index contributed by atoms with van der Waals surface area (Å²) in [7, 11) is -2.98. The summed E-state index contributed by atoms with van der Waals surface area (Å²) in [6, 6.07) is 0.465. The van der Waals surface area contributed by atoms with E-state index < -0.39 is 10.0 Å². The van der Waals surface area contributed by atoms with Crippen molar-refractivity contribution in [3.63, 3.8) is 0 Å². The van der Waals surface area contributed by atoms with Crippen molar-refractivity contribution in [2.75, 3.05) is 18.8 Å². The lowest BCUT2D eigenvalue weighted by molar-refractivity contribution is 0.220. The third-order valence-corrected chi connectivity index (χ3v) is 5.56. The molecule has 0 aromatic rings. The topological polar surface area (TPSA) is 49.4 Å². The summed E-state index contributed by atoms with van der Waals surface area (Å²) < 4.78 is 25.6. The Balaban J connectivity index is 2.15. The highest BCUT2D eigenvalue weighted by atomic mass is 32.2. The SMILES string of the molecule is CC1CN(C2CCCNC2C)S(=O)(=O)C1. The summed E-state index contributed by atoms with van der Waals surface area (Å²) in [6.07, 6.45) is 2.08. The molecule has 2 heterocycles. The Bertz CT molecular complexity index is 328. The fourth-order valence-electron chi connectivity index (χ4n) is 2.69. The van der Waals surface area contributed by atoms with E-state index >= 15 is 0 Å². The minimum atomic E-state index is -2.98. The van der Waals surface area contributed by atoms with E-state index in [1.54, 1.807) is 4.31 Å². The van der Waals surface area contributed by atoms with Gasteiger partial charge < -0.3 is 5.32 Å². The number of hydrogen-bond acceptors (Lipinski definition) is 3. The van der Waals surface area contributed by atoms with Gasteiger partial charge in [0.25, 0.3) is 0 Å². The molecule has 3 atom stereocenters. The van der Waals surface area contributed by atoms with Gasteiger partial charge in [0.2, 0.25) is 10.0 Å². The summed E-state index contributed by atoms with van der Waals surface area (Å²) in [5.41, 5.74) is 0. The van der Waals surface area contributed by atoms with Crippen LogP contribution in [0.4, 0.5) is 0 Å². The first-order valence-electron chi connectivity index (χ1n) is 5.73. The van der Waals surface area contributed by atoms with Crippen LogP contribution in [0, 0.1) is 5.92 Å². The average molecular weight is 232 g/mol. The molecule has 2 aliphatic heterocycles. The van der Waals surface area contributed by atoms with Gasteiger partial charge in [-0.25, -0.2) is 8.42 Å².